The third kappa shape index (κ3) is 5.85. The third-order valence-electron chi connectivity index (χ3n) is 3.21. The molecule has 0 atom stereocenters. The average molecular weight is 291 g/mol. The number of carbonyl (C=O) groups is 1. The number of amides is 1. The molecule has 0 aliphatic carbocycles. The average Bonchev–Trinajstić information content (AvgIpc) is 2.29. The molecule has 0 radical (unpaired) electrons. The monoisotopic (exact) mass is 290 g/mol. The minimum Gasteiger partial charge on any atom is -0.356 e. The molecule has 94 valence electrons. The Morgan fingerprint density at radius 2 is 2.06 bits per heavy atom. The fourth-order valence-electron chi connectivity index (χ4n) is 1.99. The molecule has 0 saturated carbocycles. The highest BCUT2D eigenvalue weighted by Gasteiger charge is 2.16. The molecule has 1 amide bonds. The van der Waals surface area contributed by atoms with Gasteiger partial charge in [-0.2, -0.15) is 0 Å². The van der Waals surface area contributed by atoms with E-state index in [1.165, 1.54) is 25.9 Å². The maximum Gasteiger partial charge on any atom is 0.220 e. The van der Waals surface area contributed by atoms with E-state index in [0.717, 1.165) is 24.7 Å². The molecular weight excluding hydrogens is 268 g/mol. The number of piperidine rings is 1. The molecule has 1 heterocycles. The van der Waals surface area contributed by atoms with Crippen molar-refractivity contribution < 1.29 is 4.79 Å². The molecule has 1 aliphatic rings. The summed E-state index contributed by atoms with van der Waals surface area (Å²) in [4.78, 5) is 13.8. The maximum atomic E-state index is 11.5. The van der Waals surface area contributed by atoms with Gasteiger partial charge < -0.3 is 10.2 Å². The molecule has 0 aromatic carbocycles. The van der Waals surface area contributed by atoms with Crippen LogP contribution in [0.4, 0.5) is 0 Å². The first-order chi connectivity index (χ1) is 7.72. The summed E-state index contributed by atoms with van der Waals surface area (Å²) >= 11 is 3.37. The van der Waals surface area contributed by atoms with Crippen molar-refractivity contribution in [2.45, 2.75) is 32.1 Å². The number of unbranched alkanes of at least 4 members (excludes halogenated alkanes) is 1. The molecule has 0 unspecified atom stereocenters. The van der Waals surface area contributed by atoms with Crippen LogP contribution >= 0.6 is 15.9 Å². The van der Waals surface area contributed by atoms with Gasteiger partial charge in [-0.15, -0.1) is 0 Å². The lowest BCUT2D eigenvalue weighted by molar-refractivity contribution is -0.121. The number of hydrogen-bond donors (Lipinski definition) is 1. The second-order valence-corrected chi connectivity index (χ2v) is 5.49. The summed E-state index contributed by atoms with van der Waals surface area (Å²) in [5.41, 5.74) is 0. The Bertz CT molecular complexity index is 203. The maximum absolute atomic E-state index is 11.5. The van der Waals surface area contributed by atoms with E-state index >= 15 is 0 Å². The second kappa shape index (κ2) is 8.07. The van der Waals surface area contributed by atoms with Gasteiger partial charge in [-0.25, -0.2) is 0 Å². The highest BCUT2D eigenvalue weighted by atomic mass is 79.9. The van der Waals surface area contributed by atoms with Crippen LogP contribution in [-0.2, 0) is 4.79 Å². The molecule has 1 N–H and O–H groups in total. The number of rotatable bonds is 6. The lowest BCUT2D eigenvalue weighted by Gasteiger charge is -2.28. The number of likely N-dealkylation sites (tertiary alicyclic amines) is 1. The van der Waals surface area contributed by atoms with Gasteiger partial charge in [0, 0.05) is 18.3 Å². The van der Waals surface area contributed by atoms with Crippen molar-refractivity contribution in [2.75, 3.05) is 32.0 Å². The van der Waals surface area contributed by atoms with E-state index in [0.29, 0.717) is 12.3 Å². The Morgan fingerprint density at radius 1 is 1.38 bits per heavy atom. The topological polar surface area (TPSA) is 32.3 Å². The summed E-state index contributed by atoms with van der Waals surface area (Å²) in [7, 11) is 2.16. The highest BCUT2D eigenvalue weighted by Crippen LogP contribution is 2.14. The first-order valence-corrected chi connectivity index (χ1v) is 7.35. The molecule has 1 fully saturated rings. The fraction of sp³-hybridized carbons (Fsp3) is 0.917. The lowest BCUT2D eigenvalue weighted by atomic mass is 9.97. The van der Waals surface area contributed by atoms with Crippen LogP contribution in [-0.4, -0.2) is 42.8 Å². The van der Waals surface area contributed by atoms with Crippen LogP contribution < -0.4 is 5.32 Å². The molecule has 0 aromatic heterocycles. The van der Waals surface area contributed by atoms with Crippen LogP contribution in [0.3, 0.4) is 0 Å². The van der Waals surface area contributed by atoms with Crippen molar-refractivity contribution >= 4 is 21.8 Å². The molecule has 16 heavy (non-hydrogen) atoms. The minimum absolute atomic E-state index is 0.222. The van der Waals surface area contributed by atoms with Crippen LogP contribution in [0.1, 0.15) is 32.1 Å². The zero-order valence-electron chi connectivity index (χ0n) is 10.2. The number of alkyl halides is 1. The molecular formula is C12H23BrN2O. The summed E-state index contributed by atoms with van der Waals surface area (Å²) < 4.78 is 0. The van der Waals surface area contributed by atoms with Crippen LogP contribution in [0.25, 0.3) is 0 Å². The van der Waals surface area contributed by atoms with Gasteiger partial charge in [-0.3, -0.25) is 4.79 Å². The molecule has 3 nitrogen and oxygen atoms in total. The van der Waals surface area contributed by atoms with E-state index in [9.17, 15) is 4.79 Å². The van der Waals surface area contributed by atoms with E-state index in [-0.39, 0.29) is 5.91 Å². The Hall–Kier alpha value is -0.0900. The standard InChI is InChI=1S/C12H23BrN2O/c1-15-8-5-11(6-9-15)10-14-12(16)4-2-3-7-13/h11H,2-10H2,1H3,(H,14,16). The lowest BCUT2D eigenvalue weighted by Crippen LogP contribution is -2.36. The first-order valence-electron chi connectivity index (χ1n) is 6.23. The molecule has 1 aliphatic heterocycles. The van der Waals surface area contributed by atoms with Crippen molar-refractivity contribution in [3.63, 3.8) is 0 Å². The SMILES string of the molecule is CN1CCC(CNC(=O)CCCCBr)CC1. The predicted octanol–water partition coefficient (Wildman–Crippen LogP) is 2.01. The predicted molar refractivity (Wildman–Crippen MR) is 70.9 cm³/mol. The van der Waals surface area contributed by atoms with Crippen molar-refractivity contribution in [1.82, 2.24) is 10.2 Å². The number of nitrogens with one attached hydrogen (secondary N) is 1. The van der Waals surface area contributed by atoms with Gasteiger partial charge in [-0.05, 0) is 51.7 Å². The number of halogens is 1. The molecule has 4 heteroatoms. The summed E-state index contributed by atoms with van der Waals surface area (Å²) in [6, 6.07) is 0. The van der Waals surface area contributed by atoms with Gasteiger partial charge in [0.25, 0.3) is 0 Å². The summed E-state index contributed by atoms with van der Waals surface area (Å²) in [5.74, 6) is 0.913. The van der Waals surface area contributed by atoms with Crippen molar-refractivity contribution in [3.8, 4) is 0 Å². The smallest absolute Gasteiger partial charge is 0.220 e. The van der Waals surface area contributed by atoms with Crippen molar-refractivity contribution in [3.05, 3.63) is 0 Å². The minimum atomic E-state index is 0.222. The molecule has 1 rings (SSSR count). The zero-order valence-corrected chi connectivity index (χ0v) is 11.8. The highest BCUT2D eigenvalue weighted by molar-refractivity contribution is 9.09. The summed E-state index contributed by atoms with van der Waals surface area (Å²) in [6.45, 7) is 3.22. The molecule has 0 spiro atoms. The van der Waals surface area contributed by atoms with E-state index in [1.807, 2.05) is 0 Å². The van der Waals surface area contributed by atoms with Gasteiger partial charge in [0.05, 0.1) is 0 Å². The van der Waals surface area contributed by atoms with Crippen molar-refractivity contribution in [1.29, 1.82) is 0 Å². The molecule has 0 bridgehead atoms. The van der Waals surface area contributed by atoms with E-state index < -0.39 is 0 Å². The van der Waals surface area contributed by atoms with Crippen LogP contribution in [0.5, 0.6) is 0 Å². The van der Waals surface area contributed by atoms with E-state index in [1.54, 1.807) is 0 Å². The quantitative estimate of drug-likeness (QED) is 0.600. The number of hydrogen-bond acceptors (Lipinski definition) is 2. The summed E-state index contributed by atoms with van der Waals surface area (Å²) in [5, 5.41) is 4.05. The van der Waals surface area contributed by atoms with Gasteiger partial charge in [0.2, 0.25) is 5.91 Å². The summed E-state index contributed by atoms with van der Waals surface area (Å²) in [6.07, 6.45) is 5.20. The molecule has 1 saturated heterocycles. The largest absolute Gasteiger partial charge is 0.356 e. The number of nitrogens with zero attached hydrogens (tertiary/aromatic N) is 1. The van der Waals surface area contributed by atoms with E-state index in [4.69, 9.17) is 0 Å². The van der Waals surface area contributed by atoms with Gasteiger partial charge in [-0.1, -0.05) is 15.9 Å². The Morgan fingerprint density at radius 3 is 2.69 bits per heavy atom. The molecule has 0 aromatic rings. The Kier molecular flexibility index (Phi) is 7.05. The fourth-order valence-corrected chi connectivity index (χ4v) is 2.39. The second-order valence-electron chi connectivity index (χ2n) is 4.70. The van der Waals surface area contributed by atoms with Gasteiger partial charge >= 0.3 is 0 Å². The van der Waals surface area contributed by atoms with Gasteiger partial charge in [0.15, 0.2) is 0 Å². The van der Waals surface area contributed by atoms with Crippen LogP contribution in [0.15, 0.2) is 0 Å². The van der Waals surface area contributed by atoms with Crippen molar-refractivity contribution in [2.24, 2.45) is 5.92 Å². The first kappa shape index (κ1) is 14.0. The number of carbonyl (C=O) groups excluding carboxylic acids is 1. The van der Waals surface area contributed by atoms with Gasteiger partial charge in [0.1, 0.15) is 0 Å². The normalized spacial score (nSPS) is 18.6. The van der Waals surface area contributed by atoms with Crippen LogP contribution in [0.2, 0.25) is 0 Å². The Labute approximate surface area is 107 Å². The van der Waals surface area contributed by atoms with Crippen LogP contribution in [0, 0.1) is 5.92 Å². The third-order valence-corrected chi connectivity index (χ3v) is 3.77. The zero-order chi connectivity index (χ0) is 11.8. The van der Waals surface area contributed by atoms with E-state index in [2.05, 4.69) is 33.2 Å². The Balaban J connectivity index is 2.03.